The van der Waals surface area contributed by atoms with E-state index in [2.05, 4.69) is 5.32 Å². The van der Waals surface area contributed by atoms with E-state index in [1.54, 1.807) is 7.05 Å². The number of benzene rings is 2. The number of nitrogens with zero attached hydrogens (tertiary/aromatic N) is 2. The number of rotatable bonds is 7. The van der Waals surface area contributed by atoms with Gasteiger partial charge in [0.2, 0.25) is 11.8 Å². The summed E-state index contributed by atoms with van der Waals surface area (Å²) >= 11 is 0. The molecular formula is C20H25N3O2. The van der Waals surface area contributed by atoms with Gasteiger partial charge in [-0.25, -0.2) is 0 Å². The van der Waals surface area contributed by atoms with Crippen molar-refractivity contribution in [1.29, 1.82) is 0 Å². The Labute approximate surface area is 149 Å². The molecule has 0 radical (unpaired) electrons. The van der Waals surface area contributed by atoms with Gasteiger partial charge < -0.3 is 10.2 Å². The second-order valence-electron chi connectivity index (χ2n) is 6.32. The average molecular weight is 339 g/mol. The van der Waals surface area contributed by atoms with Gasteiger partial charge in [0, 0.05) is 19.3 Å². The lowest BCUT2D eigenvalue weighted by Gasteiger charge is -2.21. The molecule has 0 fully saturated rings. The lowest BCUT2D eigenvalue weighted by Crippen LogP contribution is -2.40. The van der Waals surface area contributed by atoms with Gasteiger partial charge in [-0.15, -0.1) is 0 Å². The van der Waals surface area contributed by atoms with E-state index in [0.717, 1.165) is 16.8 Å². The number of likely N-dealkylation sites (N-methyl/N-ethyl adjacent to an activating group) is 2. The van der Waals surface area contributed by atoms with Crippen molar-refractivity contribution in [2.45, 2.75) is 13.5 Å². The Balaban J connectivity index is 1.78. The molecule has 0 saturated carbocycles. The van der Waals surface area contributed by atoms with Gasteiger partial charge in [0.15, 0.2) is 0 Å². The lowest BCUT2D eigenvalue weighted by molar-refractivity contribution is -0.134. The molecule has 0 aromatic heterocycles. The number of aryl methyl sites for hydroxylation is 1. The minimum Gasteiger partial charge on any atom is -0.335 e. The Hall–Kier alpha value is -2.66. The lowest BCUT2D eigenvalue weighted by atomic mass is 10.2. The molecule has 0 saturated heterocycles. The highest BCUT2D eigenvalue weighted by molar-refractivity contribution is 5.94. The zero-order valence-electron chi connectivity index (χ0n) is 15.0. The number of hydrogen-bond acceptors (Lipinski definition) is 3. The van der Waals surface area contributed by atoms with Gasteiger partial charge in [-0.2, -0.15) is 0 Å². The zero-order chi connectivity index (χ0) is 18.2. The predicted molar refractivity (Wildman–Crippen MR) is 100 cm³/mol. The van der Waals surface area contributed by atoms with Gasteiger partial charge in [0.1, 0.15) is 0 Å². The predicted octanol–water partition coefficient (Wildman–Crippen LogP) is 2.52. The molecule has 0 aliphatic rings. The summed E-state index contributed by atoms with van der Waals surface area (Å²) in [6.45, 7) is 2.98. The van der Waals surface area contributed by atoms with Gasteiger partial charge in [0.05, 0.1) is 13.1 Å². The molecule has 2 aromatic carbocycles. The molecule has 5 heteroatoms. The first kappa shape index (κ1) is 18.7. The van der Waals surface area contributed by atoms with Gasteiger partial charge in [0.25, 0.3) is 0 Å². The summed E-state index contributed by atoms with van der Waals surface area (Å²) in [6, 6.07) is 17.5. The summed E-state index contributed by atoms with van der Waals surface area (Å²) in [4.78, 5) is 27.7. The molecule has 2 rings (SSSR count). The molecule has 132 valence electrons. The van der Waals surface area contributed by atoms with E-state index >= 15 is 0 Å². The molecule has 0 atom stereocenters. The number of anilines is 1. The van der Waals surface area contributed by atoms with Crippen molar-refractivity contribution in [3.63, 3.8) is 0 Å². The van der Waals surface area contributed by atoms with Crippen LogP contribution >= 0.6 is 0 Å². The maximum atomic E-state index is 12.3. The highest BCUT2D eigenvalue weighted by atomic mass is 16.2. The van der Waals surface area contributed by atoms with Crippen LogP contribution in [0.1, 0.15) is 11.1 Å². The highest BCUT2D eigenvalue weighted by Gasteiger charge is 2.15. The van der Waals surface area contributed by atoms with Crippen molar-refractivity contribution >= 4 is 17.5 Å². The molecule has 0 bridgehead atoms. The Morgan fingerprint density at radius 1 is 0.920 bits per heavy atom. The normalized spacial score (nSPS) is 10.6. The fourth-order valence-corrected chi connectivity index (χ4v) is 2.44. The second kappa shape index (κ2) is 8.99. The first-order chi connectivity index (χ1) is 11.9. The van der Waals surface area contributed by atoms with Crippen molar-refractivity contribution < 1.29 is 9.59 Å². The van der Waals surface area contributed by atoms with Crippen LogP contribution in [0, 0.1) is 6.92 Å². The third-order valence-corrected chi connectivity index (χ3v) is 3.84. The summed E-state index contributed by atoms with van der Waals surface area (Å²) < 4.78 is 0. The first-order valence-electron chi connectivity index (χ1n) is 8.27. The molecule has 1 N–H and O–H groups in total. The number of carbonyl (C=O) groups excluding carboxylic acids is 2. The minimum atomic E-state index is -0.203. The van der Waals surface area contributed by atoms with Crippen molar-refractivity contribution in [3.05, 3.63) is 65.7 Å². The maximum Gasteiger partial charge on any atom is 0.243 e. The minimum absolute atomic E-state index is 0.0336. The van der Waals surface area contributed by atoms with Crippen LogP contribution in [0.15, 0.2) is 54.6 Å². The summed E-state index contributed by atoms with van der Waals surface area (Å²) in [5.74, 6) is -0.289. The smallest absolute Gasteiger partial charge is 0.243 e. The summed E-state index contributed by atoms with van der Waals surface area (Å²) in [5.41, 5.74) is 3.02. The Kier molecular flexibility index (Phi) is 6.71. The molecule has 2 amide bonds. The molecule has 0 aliphatic heterocycles. The quantitative estimate of drug-likeness (QED) is 0.843. The summed E-state index contributed by atoms with van der Waals surface area (Å²) in [6.07, 6.45) is 0. The van der Waals surface area contributed by atoms with Crippen LogP contribution in [0.5, 0.6) is 0 Å². The van der Waals surface area contributed by atoms with E-state index in [-0.39, 0.29) is 24.9 Å². The number of hydrogen-bond donors (Lipinski definition) is 1. The number of amides is 2. The Morgan fingerprint density at radius 3 is 2.20 bits per heavy atom. The van der Waals surface area contributed by atoms with E-state index in [1.807, 2.05) is 73.5 Å². The summed E-state index contributed by atoms with van der Waals surface area (Å²) in [7, 11) is 3.54. The second-order valence-corrected chi connectivity index (χ2v) is 6.32. The van der Waals surface area contributed by atoms with Crippen LogP contribution in [0.3, 0.4) is 0 Å². The van der Waals surface area contributed by atoms with E-state index in [9.17, 15) is 9.59 Å². The third kappa shape index (κ3) is 6.39. The molecule has 0 spiro atoms. The van der Waals surface area contributed by atoms with Crippen LogP contribution in [-0.2, 0) is 16.1 Å². The monoisotopic (exact) mass is 339 g/mol. The first-order valence-corrected chi connectivity index (χ1v) is 8.27. The molecule has 2 aromatic rings. The maximum absolute atomic E-state index is 12.3. The largest absolute Gasteiger partial charge is 0.335 e. The Bertz CT molecular complexity index is 699. The average Bonchev–Trinajstić information content (AvgIpc) is 2.57. The van der Waals surface area contributed by atoms with Gasteiger partial charge in [-0.1, -0.05) is 48.0 Å². The van der Waals surface area contributed by atoms with Crippen molar-refractivity contribution in [2.75, 3.05) is 32.5 Å². The van der Waals surface area contributed by atoms with Crippen molar-refractivity contribution in [2.24, 2.45) is 0 Å². The molecule has 25 heavy (non-hydrogen) atoms. The van der Waals surface area contributed by atoms with Gasteiger partial charge in [-0.3, -0.25) is 14.5 Å². The third-order valence-electron chi connectivity index (χ3n) is 3.84. The fourth-order valence-electron chi connectivity index (χ4n) is 2.44. The number of carbonyl (C=O) groups is 2. The van der Waals surface area contributed by atoms with Crippen LogP contribution in [-0.4, -0.2) is 48.8 Å². The number of nitrogens with one attached hydrogen (secondary N) is 1. The zero-order valence-corrected chi connectivity index (χ0v) is 15.0. The molecule has 5 nitrogen and oxygen atoms in total. The Morgan fingerprint density at radius 2 is 1.56 bits per heavy atom. The van der Waals surface area contributed by atoms with Crippen molar-refractivity contribution in [3.8, 4) is 0 Å². The van der Waals surface area contributed by atoms with E-state index in [0.29, 0.717) is 6.54 Å². The topological polar surface area (TPSA) is 52.7 Å². The van der Waals surface area contributed by atoms with E-state index in [4.69, 9.17) is 0 Å². The molecule has 0 unspecified atom stereocenters. The van der Waals surface area contributed by atoms with E-state index in [1.165, 1.54) is 4.90 Å². The molecule has 0 aliphatic carbocycles. The van der Waals surface area contributed by atoms with Crippen LogP contribution in [0.25, 0.3) is 0 Å². The van der Waals surface area contributed by atoms with Crippen molar-refractivity contribution in [1.82, 2.24) is 9.80 Å². The molecule has 0 heterocycles. The highest BCUT2D eigenvalue weighted by Crippen LogP contribution is 2.08. The van der Waals surface area contributed by atoms with Gasteiger partial charge >= 0.3 is 0 Å². The SMILES string of the molecule is Cc1ccc(NC(=O)CN(C)C(=O)CN(C)Cc2ccccc2)cc1. The standard InChI is InChI=1S/C20H25N3O2/c1-16-9-11-18(12-10-16)21-19(24)14-23(3)20(25)15-22(2)13-17-7-5-4-6-8-17/h4-12H,13-15H2,1-3H3,(H,21,24). The van der Waals surface area contributed by atoms with E-state index < -0.39 is 0 Å². The fraction of sp³-hybridized carbons (Fsp3) is 0.300. The van der Waals surface area contributed by atoms with Crippen LogP contribution < -0.4 is 5.32 Å². The van der Waals surface area contributed by atoms with Crippen LogP contribution in [0.4, 0.5) is 5.69 Å². The van der Waals surface area contributed by atoms with Crippen LogP contribution in [0.2, 0.25) is 0 Å². The van der Waals surface area contributed by atoms with Gasteiger partial charge in [-0.05, 0) is 31.7 Å². The molecular weight excluding hydrogens is 314 g/mol. The summed E-state index contributed by atoms with van der Waals surface area (Å²) in [5, 5.41) is 2.80.